The molecule has 1 aromatic rings. The summed E-state index contributed by atoms with van der Waals surface area (Å²) in [4.78, 5) is 39.8. The molecule has 1 atom stereocenters. The normalized spacial score (nSPS) is 23.0. The number of para-hydroxylation sites is 1. The number of hydrogen-bond donors (Lipinski definition) is 2. The lowest BCUT2D eigenvalue weighted by Crippen LogP contribution is -2.54. The van der Waals surface area contributed by atoms with Crippen molar-refractivity contribution in [2.45, 2.75) is 45.1 Å². The molecule has 2 aliphatic rings. The molecule has 170 valence electrons. The molecule has 0 unspecified atom stereocenters. The predicted octanol–water partition coefficient (Wildman–Crippen LogP) is 1.50. The summed E-state index contributed by atoms with van der Waals surface area (Å²) in [7, 11) is 0. The fourth-order valence-corrected chi connectivity index (χ4v) is 4.11. The van der Waals surface area contributed by atoms with Gasteiger partial charge in [0.15, 0.2) is 6.61 Å². The topological polar surface area (TPSA) is 97.0 Å². The highest BCUT2D eigenvalue weighted by Crippen LogP contribution is 2.37. The third-order valence-corrected chi connectivity index (χ3v) is 6.14. The largest absolute Gasteiger partial charge is 0.484 e. The molecule has 2 heterocycles. The van der Waals surface area contributed by atoms with Gasteiger partial charge < -0.3 is 25.0 Å². The van der Waals surface area contributed by atoms with Crippen LogP contribution in [0.25, 0.3) is 0 Å². The summed E-state index contributed by atoms with van der Waals surface area (Å²) in [6.07, 6.45) is 3.61. The van der Waals surface area contributed by atoms with Gasteiger partial charge in [0.1, 0.15) is 11.8 Å². The first-order chi connectivity index (χ1) is 15.0. The molecular weight excluding hydrogens is 398 g/mol. The Kier molecular flexibility index (Phi) is 8.28. The van der Waals surface area contributed by atoms with E-state index in [1.807, 2.05) is 30.3 Å². The van der Waals surface area contributed by atoms with E-state index >= 15 is 0 Å². The van der Waals surface area contributed by atoms with E-state index in [1.54, 1.807) is 11.8 Å². The molecule has 31 heavy (non-hydrogen) atoms. The van der Waals surface area contributed by atoms with Gasteiger partial charge in [-0.25, -0.2) is 0 Å². The van der Waals surface area contributed by atoms with Gasteiger partial charge in [0.2, 0.25) is 11.8 Å². The maximum atomic E-state index is 13.2. The maximum Gasteiger partial charge on any atom is 0.260 e. The van der Waals surface area contributed by atoms with E-state index in [2.05, 4.69) is 10.6 Å². The number of carbonyl (C=O) groups excluding carboxylic acids is 3. The van der Waals surface area contributed by atoms with Crippen molar-refractivity contribution in [1.29, 1.82) is 0 Å². The van der Waals surface area contributed by atoms with Crippen molar-refractivity contribution in [3.63, 3.8) is 0 Å². The Balaban J connectivity index is 1.59. The third-order valence-electron chi connectivity index (χ3n) is 6.14. The molecule has 0 radical (unpaired) electrons. The lowest BCUT2D eigenvalue weighted by molar-refractivity contribution is -0.143. The van der Waals surface area contributed by atoms with Crippen LogP contribution in [0.3, 0.4) is 0 Å². The number of rotatable bonds is 3. The quantitative estimate of drug-likeness (QED) is 0.756. The smallest absolute Gasteiger partial charge is 0.260 e. The molecule has 1 spiro atoms. The zero-order valence-electron chi connectivity index (χ0n) is 18.2. The second kappa shape index (κ2) is 11.1. The molecule has 0 saturated carbocycles. The zero-order chi connectivity index (χ0) is 22.1. The molecule has 8 heteroatoms. The zero-order valence-corrected chi connectivity index (χ0v) is 18.2. The molecule has 3 rings (SSSR count). The molecule has 2 fully saturated rings. The number of nitrogens with one attached hydrogen (secondary N) is 2. The van der Waals surface area contributed by atoms with Crippen LogP contribution in [0.15, 0.2) is 30.3 Å². The number of ether oxygens (including phenoxy) is 2. The lowest BCUT2D eigenvalue weighted by Gasteiger charge is -2.41. The average Bonchev–Trinajstić information content (AvgIpc) is 2.80. The van der Waals surface area contributed by atoms with Crippen molar-refractivity contribution in [1.82, 2.24) is 15.5 Å². The summed E-state index contributed by atoms with van der Waals surface area (Å²) in [5.74, 6) is 0.276. The van der Waals surface area contributed by atoms with Gasteiger partial charge in [-0.05, 0) is 44.7 Å². The molecule has 2 N–H and O–H groups in total. The minimum Gasteiger partial charge on any atom is -0.484 e. The molecule has 8 nitrogen and oxygen atoms in total. The van der Waals surface area contributed by atoms with Gasteiger partial charge in [-0.15, -0.1) is 0 Å². The van der Waals surface area contributed by atoms with Crippen LogP contribution in [0, 0.1) is 5.41 Å². The van der Waals surface area contributed by atoms with Crippen molar-refractivity contribution in [3.8, 4) is 5.75 Å². The SMILES string of the molecule is C[C@@H]1NC(=O)C2(CCCCOCCNC1=O)CCN(C(=O)COc1ccccc1)CC2. The molecule has 1 aromatic carbocycles. The second-order valence-electron chi connectivity index (χ2n) is 8.32. The highest BCUT2D eigenvalue weighted by atomic mass is 16.5. The van der Waals surface area contributed by atoms with Gasteiger partial charge in [-0.2, -0.15) is 0 Å². The Bertz CT molecular complexity index is 747. The van der Waals surface area contributed by atoms with Gasteiger partial charge in [0, 0.05) is 26.2 Å². The summed E-state index contributed by atoms with van der Waals surface area (Å²) in [6.45, 7) is 4.21. The molecular formula is C23H33N3O5. The molecule has 2 aliphatic heterocycles. The monoisotopic (exact) mass is 431 g/mol. The van der Waals surface area contributed by atoms with Crippen LogP contribution < -0.4 is 15.4 Å². The van der Waals surface area contributed by atoms with Crippen LogP contribution in [0.4, 0.5) is 0 Å². The number of nitrogens with zero attached hydrogens (tertiary/aromatic N) is 1. The Morgan fingerprint density at radius 1 is 1.13 bits per heavy atom. The van der Waals surface area contributed by atoms with Gasteiger partial charge in [0.25, 0.3) is 5.91 Å². The van der Waals surface area contributed by atoms with Crippen molar-refractivity contribution in [2.24, 2.45) is 5.41 Å². The summed E-state index contributed by atoms with van der Waals surface area (Å²) in [6, 6.07) is 8.64. The van der Waals surface area contributed by atoms with Gasteiger partial charge >= 0.3 is 0 Å². The Morgan fingerprint density at radius 3 is 2.61 bits per heavy atom. The average molecular weight is 432 g/mol. The van der Waals surface area contributed by atoms with Crippen LogP contribution in [0.1, 0.15) is 39.0 Å². The number of hydrogen-bond acceptors (Lipinski definition) is 5. The first-order valence-corrected chi connectivity index (χ1v) is 11.1. The fraction of sp³-hybridized carbons (Fsp3) is 0.609. The van der Waals surface area contributed by atoms with Crippen molar-refractivity contribution in [3.05, 3.63) is 30.3 Å². The van der Waals surface area contributed by atoms with Crippen molar-refractivity contribution >= 4 is 17.7 Å². The second-order valence-corrected chi connectivity index (χ2v) is 8.32. The first kappa shape index (κ1) is 23.1. The van der Waals surface area contributed by atoms with Crippen LogP contribution in [0.5, 0.6) is 5.75 Å². The van der Waals surface area contributed by atoms with Crippen LogP contribution in [-0.2, 0) is 19.1 Å². The standard InChI is InChI=1S/C23H33N3O5/c1-18-21(28)24-12-16-30-15-6-5-9-23(22(29)25-18)10-13-26(14-11-23)20(27)17-31-19-7-3-2-4-8-19/h2-4,7-8,18H,5-6,9-17H2,1H3,(H,24,28)(H,25,29)/t18-/m0/s1. The summed E-state index contributed by atoms with van der Waals surface area (Å²) < 4.78 is 11.1. The first-order valence-electron chi connectivity index (χ1n) is 11.1. The van der Waals surface area contributed by atoms with E-state index in [-0.39, 0.29) is 24.3 Å². The molecule has 0 aliphatic carbocycles. The fourth-order valence-electron chi connectivity index (χ4n) is 4.11. The van der Waals surface area contributed by atoms with Gasteiger partial charge in [-0.3, -0.25) is 14.4 Å². The maximum absolute atomic E-state index is 13.2. The van der Waals surface area contributed by atoms with Crippen LogP contribution in [0.2, 0.25) is 0 Å². The van der Waals surface area contributed by atoms with Gasteiger partial charge in [0.05, 0.1) is 12.0 Å². The van der Waals surface area contributed by atoms with Crippen LogP contribution >= 0.6 is 0 Å². The highest BCUT2D eigenvalue weighted by Gasteiger charge is 2.42. The molecule has 0 aromatic heterocycles. The number of carbonyl (C=O) groups is 3. The van der Waals surface area contributed by atoms with E-state index in [0.29, 0.717) is 51.4 Å². The lowest BCUT2D eigenvalue weighted by atomic mass is 9.73. The van der Waals surface area contributed by atoms with E-state index in [0.717, 1.165) is 19.3 Å². The Morgan fingerprint density at radius 2 is 1.87 bits per heavy atom. The van der Waals surface area contributed by atoms with Crippen molar-refractivity contribution in [2.75, 3.05) is 39.5 Å². The predicted molar refractivity (Wildman–Crippen MR) is 115 cm³/mol. The minimum absolute atomic E-state index is 0.0161. The van der Waals surface area contributed by atoms with Gasteiger partial charge in [-0.1, -0.05) is 24.6 Å². The van der Waals surface area contributed by atoms with Crippen LogP contribution in [-0.4, -0.2) is 68.1 Å². The summed E-state index contributed by atoms with van der Waals surface area (Å²) in [5, 5.41) is 5.69. The Hall–Kier alpha value is -2.61. The number of benzene rings is 1. The molecule has 0 bridgehead atoms. The summed E-state index contributed by atoms with van der Waals surface area (Å²) >= 11 is 0. The van der Waals surface area contributed by atoms with E-state index in [9.17, 15) is 14.4 Å². The number of likely N-dealkylation sites (tertiary alicyclic amines) is 1. The van der Waals surface area contributed by atoms with E-state index in [4.69, 9.17) is 9.47 Å². The van der Waals surface area contributed by atoms with E-state index in [1.165, 1.54) is 0 Å². The summed E-state index contributed by atoms with van der Waals surface area (Å²) in [5.41, 5.74) is -0.570. The number of piperidine rings is 1. The molecule has 2 saturated heterocycles. The van der Waals surface area contributed by atoms with E-state index < -0.39 is 11.5 Å². The Labute approximate surface area is 183 Å². The number of amides is 3. The molecule has 3 amide bonds. The van der Waals surface area contributed by atoms with Crippen molar-refractivity contribution < 1.29 is 23.9 Å². The third kappa shape index (κ3) is 6.43. The minimum atomic E-state index is -0.607. The highest BCUT2D eigenvalue weighted by molar-refractivity contribution is 5.90.